The lowest BCUT2D eigenvalue weighted by Gasteiger charge is -2.16. The minimum absolute atomic E-state index is 0.249. The van der Waals surface area contributed by atoms with Crippen molar-refractivity contribution in [2.45, 2.75) is 26.0 Å². The molecule has 0 aliphatic carbocycles. The highest BCUT2D eigenvalue weighted by Gasteiger charge is 2.03. The van der Waals surface area contributed by atoms with Gasteiger partial charge >= 0.3 is 0 Å². The number of hydrogen-bond donors (Lipinski definition) is 2. The molecule has 1 aromatic rings. The van der Waals surface area contributed by atoms with Crippen LogP contribution in [-0.2, 0) is 6.54 Å². The average Bonchev–Trinajstić information content (AvgIpc) is 2.15. The van der Waals surface area contributed by atoms with Gasteiger partial charge in [0.05, 0.1) is 11.8 Å². The predicted octanol–water partition coefficient (Wildman–Crippen LogP) is 0.867. The van der Waals surface area contributed by atoms with E-state index in [1.807, 2.05) is 13.1 Å². The summed E-state index contributed by atoms with van der Waals surface area (Å²) in [5, 5.41) is 9.15. The van der Waals surface area contributed by atoms with Gasteiger partial charge in [-0.3, -0.25) is 4.98 Å². The summed E-state index contributed by atoms with van der Waals surface area (Å²) >= 11 is 0. The lowest BCUT2D eigenvalue weighted by molar-refractivity contribution is 0.162. The third-order valence-electron chi connectivity index (χ3n) is 2.20. The molecular formula is C11H19N3O. The van der Waals surface area contributed by atoms with Gasteiger partial charge in [-0.1, -0.05) is 0 Å². The Morgan fingerprint density at radius 2 is 2.33 bits per heavy atom. The van der Waals surface area contributed by atoms with E-state index in [1.165, 1.54) is 0 Å². The van der Waals surface area contributed by atoms with Crippen LogP contribution in [0.4, 0.5) is 5.69 Å². The highest BCUT2D eigenvalue weighted by atomic mass is 16.3. The smallest absolute Gasteiger partial charge is 0.0564 e. The number of nitrogens with zero attached hydrogens (tertiary/aromatic N) is 2. The van der Waals surface area contributed by atoms with Crippen molar-refractivity contribution in [3.63, 3.8) is 0 Å². The summed E-state index contributed by atoms with van der Waals surface area (Å²) in [6, 6.07) is 3.65. The quantitative estimate of drug-likeness (QED) is 0.755. The van der Waals surface area contributed by atoms with Gasteiger partial charge in [0, 0.05) is 25.0 Å². The van der Waals surface area contributed by atoms with Crippen LogP contribution in [0.2, 0.25) is 0 Å². The number of hydrogen-bond acceptors (Lipinski definition) is 4. The highest BCUT2D eigenvalue weighted by Crippen LogP contribution is 2.05. The molecule has 3 N–H and O–H groups in total. The summed E-state index contributed by atoms with van der Waals surface area (Å²) in [7, 11) is 2.01. The van der Waals surface area contributed by atoms with E-state index >= 15 is 0 Å². The van der Waals surface area contributed by atoms with Gasteiger partial charge in [-0.15, -0.1) is 0 Å². The Labute approximate surface area is 90.7 Å². The van der Waals surface area contributed by atoms with Crippen LogP contribution in [0.5, 0.6) is 0 Å². The minimum Gasteiger partial charge on any atom is -0.399 e. The van der Waals surface area contributed by atoms with Crippen molar-refractivity contribution < 1.29 is 5.11 Å². The maximum atomic E-state index is 9.15. The molecule has 0 saturated heterocycles. The van der Waals surface area contributed by atoms with Crippen molar-refractivity contribution in [3.05, 3.63) is 24.0 Å². The first-order valence-corrected chi connectivity index (χ1v) is 5.15. The van der Waals surface area contributed by atoms with Crippen LogP contribution in [0.3, 0.4) is 0 Å². The Morgan fingerprint density at radius 1 is 1.60 bits per heavy atom. The van der Waals surface area contributed by atoms with Crippen LogP contribution < -0.4 is 5.73 Å². The zero-order valence-corrected chi connectivity index (χ0v) is 9.35. The second kappa shape index (κ2) is 5.68. The van der Waals surface area contributed by atoms with Gasteiger partial charge in [0.1, 0.15) is 0 Å². The number of aliphatic hydroxyl groups is 1. The van der Waals surface area contributed by atoms with E-state index in [9.17, 15) is 0 Å². The summed E-state index contributed by atoms with van der Waals surface area (Å²) in [4.78, 5) is 6.34. The number of anilines is 1. The fourth-order valence-corrected chi connectivity index (χ4v) is 1.35. The summed E-state index contributed by atoms with van der Waals surface area (Å²) < 4.78 is 0. The standard InChI is InChI=1S/C11H19N3O/c1-9(15)4-6-14(2)8-11-7-10(12)3-5-13-11/h3,5,7,9,15H,4,6,8H2,1-2H3,(H2,12,13). The van der Waals surface area contributed by atoms with Crippen molar-refractivity contribution in [2.24, 2.45) is 0 Å². The predicted molar refractivity (Wildman–Crippen MR) is 61.3 cm³/mol. The second-order valence-electron chi connectivity index (χ2n) is 3.96. The van der Waals surface area contributed by atoms with Crippen LogP contribution in [0, 0.1) is 0 Å². The fraction of sp³-hybridized carbons (Fsp3) is 0.545. The van der Waals surface area contributed by atoms with Crippen molar-refractivity contribution >= 4 is 5.69 Å². The summed E-state index contributed by atoms with van der Waals surface area (Å²) in [5.41, 5.74) is 7.36. The van der Waals surface area contributed by atoms with E-state index < -0.39 is 0 Å². The maximum absolute atomic E-state index is 9.15. The largest absolute Gasteiger partial charge is 0.399 e. The van der Waals surface area contributed by atoms with Crippen molar-refractivity contribution in [3.8, 4) is 0 Å². The Balaban J connectivity index is 2.40. The van der Waals surface area contributed by atoms with E-state index in [0.717, 1.165) is 30.9 Å². The number of aromatic nitrogens is 1. The topological polar surface area (TPSA) is 62.4 Å². The number of aliphatic hydroxyl groups excluding tert-OH is 1. The van der Waals surface area contributed by atoms with Crippen LogP contribution in [0.15, 0.2) is 18.3 Å². The van der Waals surface area contributed by atoms with Gasteiger partial charge in [-0.2, -0.15) is 0 Å². The number of nitrogen functional groups attached to an aromatic ring is 1. The lowest BCUT2D eigenvalue weighted by atomic mass is 10.2. The third kappa shape index (κ3) is 4.76. The van der Waals surface area contributed by atoms with Gasteiger partial charge in [-0.05, 0) is 32.5 Å². The van der Waals surface area contributed by atoms with E-state index in [-0.39, 0.29) is 6.10 Å². The molecule has 0 saturated carbocycles. The van der Waals surface area contributed by atoms with Gasteiger partial charge in [0.25, 0.3) is 0 Å². The van der Waals surface area contributed by atoms with Crippen molar-refractivity contribution in [2.75, 3.05) is 19.3 Å². The molecule has 84 valence electrons. The monoisotopic (exact) mass is 209 g/mol. The molecular weight excluding hydrogens is 190 g/mol. The van der Waals surface area contributed by atoms with Gasteiger partial charge < -0.3 is 15.7 Å². The molecule has 1 rings (SSSR count). The Hall–Kier alpha value is -1.13. The van der Waals surface area contributed by atoms with Crippen LogP contribution in [0.25, 0.3) is 0 Å². The summed E-state index contributed by atoms with van der Waals surface area (Å²) in [6.07, 6.45) is 2.24. The zero-order chi connectivity index (χ0) is 11.3. The van der Waals surface area contributed by atoms with E-state index in [0.29, 0.717) is 0 Å². The van der Waals surface area contributed by atoms with Crippen LogP contribution in [-0.4, -0.2) is 34.7 Å². The maximum Gasteiger partial charge on any atom is 0.0564 e. The number of pyridine rings is 1. The third-order valence-corrected chi connectivity index (χ3v) is 2.20. The normalized spacial score (nSPS) is 13.1. The van der Waals surface area contributed by atoms with Crippen LogP contribution >= 0.6 is 0 Å². The zero-order valence-electron chi connectivity index (χ0n) is 9.35. The van der Waals surface area contributed by atoms with Gasteiger partial charge in [-0.25, -0.2) is 0 Å². The molecule has 1 aromatic heterocycles. The molecule has 0 amide bonds. The molecule has 0 radical (unpaired) electrons. The molecule has 0 spiro atoms. The lowest BCUT2D eigenvalue weighted by Crippen LogP contribution is -2.22. The Bertz CT molecular complexity index is 302. The molecule has 1 heterocycles. The average molecular weight is 209 g/mol. The SMILES string of the molecule is CC(O)CCN(C)Cc1cc(N)ccn1. The highest BCUT2D eigenvalue weighted by molar-refractivity contribution is 5.37. The van der Waals surface area contributed by atoms with Gasteiger partial charge in [0.15, 0.2) is 0 Å². The Morgan fingerprint density at radius 3 is 2.93 bits per heavy atom. The molecule has 0 fully saturated rings. The molecule has 0 aliphatic rings. The molecule has 1 unspecified atom stereocenters. The molecule has 15 heavy (non-hydrogen) atoms. The molecule has 0 bridgehead atoms. The van der Waals surface area contributed by atoms with E-state index in [2.05, 4.69) is 9.88 Å². The van der Waals surface area contributed by atoms with E-state index in [4.69, 9.17) is 10.8 Å². The Kier molecular flexibility index (Phi) is 4.52. The fourth-order valence-electron chi connectivity index (χ4n) is 1.35. The second-order valence-corrected chi connectivity index (χ2v) is 3.96. The first kappa shape index (κ1) is 11.9. The molecule has 4 heteroatoms. The first-order valence-electron chi connectivity index (χ1n) is 5.15. The number of nitrogens with two attached hydrogens (primary N) is 1. The van der Waals surface area contributed by atoms with E-state index in [1.54, 1.807) is 19.2 Å². The first-order chi connectivity index (χ1) is 7.08. The molecule has 4 nitrogen and oxygen atoms in total. The molecule has 0 aromatic carbocycles. The summed E-state index contributed by atoms with van der Waals surface area (Å²) in [6.45, 7) is 3.42. The molecule has 1 atom stereocenters. The molecule has 0 aliphatic heterocycles. The van der Waals surface area contributed by atoms with Gasteiger partial charge in [0.2, 0.25) is 0 Å². The number of rotatable bonds is 5. The van der Waals surface area contributed by atoms with Crippen molar-refractivity contribution in [1.82, 2.24) is 9.88 Å². The van der Waals surface area contributed by atoms with Crippen LogP contribution in [0.1, 0.15) is 19.0 Å². The minimum atomic E-state index is -0.249. The summed E-state index contributed by atoms with van der Waals surface area (Å²) in [5.74, 6) is 0. The van der Waals surface area contributed by atoms with Crippen molar-refractivity contribution in [1.29, 1.82) is 0 Å².